The molecule has 1 saturated heterocycles. The number of aryl methyl sites for hydroxylation is 1. The van der Waals surface area contributed by atoms with E-state index in [9.17, 15) is 14.7 Å². The Bertz CT molecular complexity index is 656. The molecule has 3 aliphatic rings. The van der Waals surface area contributed by atoms with Gasteiger partial charge in [-0.25, -0.2) is 0 Å². The molecule has 2 aliphatic carbocycles. The fourth-order valence-electron chi connectivity index (χ4n) is 4.76. The number of hydrogen-bond donors (Lipinski definition) is 1. The molecule has 0 aromatic heterocycles. The van der Waals surface area contributed by atoms with Crippen molar-refractivity contribution in [2.24, 2.45) is 11.8 Å². The quantitative estimate of drug-likeness (QED) is 0.913. The van der Waals surface area contributed by atoms with E-state index in [2.05, 4.69) is 24.3 Å². The van der Waals surface area contributed by atoms with Gasteiger partial charge in [0.25, 0.3) is 0 Å². The lowest BCUT2D eigenvalue weighted by atomic mass is 9.78. The molecule has 0 bridgehead atoms. The molecule has 4 heteroatoms. The molecule has 3 unspecified atom stereocenters. The van der Waals surface area contributed by atoms with Crippen molar-refractivity contribution in [2.45, 2.75) is 43.9 Å². The number of rotatable bonds is 2. The van der Waals surface area contributed by atoms with Crippen LogP contribution in [0.15, 0.2) is 24.3 Å². The van der Waals surface area contributed by atoms with Crippen LogP contribution in [0.25, 0.3) is 0 Å². The molecule has 2 fully saturated rings. The van der Waals surface area contributed by atoms with Crippen LogP contribution < -0.4 is 0 Å². The third-order valence-corrected chi connectivity index (χ3v) is 6.08. The van der Waals surface area contributed by atoms with Crippen LogP contribution in [0.3, 0.4) is 0 Å². The van der Waals surface area contributed by atoms with Gasteiger partial charge < -0.3 is 10.0 Å². The maximum atomic E-state index is 12.9. The summed E-state index contributed by atoms with van der Waals surface area (Å²) in [5.74, 6) is -0.902. The predicted molar refractivity (Wildman–Crippen MR) is 86.1 cm³/mol. The minimum absolute atomic E-state index is 0.0437. The Morgan fingerprint density at radius 2 is 2.04 bits per heavy atom. The average Bonchev–Trinajstić information content (AvgIpc) is 3.29. The second kappa shape index (κ2) is 5.36. The highest BCUT2D eigenvalue weighted by atomic mass is 16.4. The van der Waals surface area contributed by atoms with Gasteiger partial charge in [0.15, 0.2) is 0 Å². The number of hydrogen-bond acceptors (Lipinski definition) is 2. The first-order valence-corrected chi connectivity index (χ1v) is 8.72. The van der Waals surface area contributed by atoms with Crippen LogP contribution in [0.2, 0.25) is 0 Å². The monoisotopic (exact) mass is 313 g/mol. The summed E-state index contributed by atoms with van der Waals surface area (Å²) in [7, 11) is 0. The van der Waals surface area contributed by atoms with E-state index >= 15 is 0 Å². The fraction of sp³-hybridized carbons (Fsp3) is 0.579. The SMILES string of the molecule is O=C(O)C1CCCN(C(=O)C2CC23CCCc2ccccc23)C1. The van der Waals surface area contributed by atoms with Crippen molar-refractivity contribution in [3.8, 4) is 0 Å². The van der Waals surface area contributed by atoms with Crippen LogP contribution in [-0.4, -0.2) is 35.0 Å². The molecule has 1 saturated carbocycles. The lowest BCUT2D eigenvalue weighted by molar-refractivity contribution is -0.146. The van der Waals surface area contributed by atoms with Crippen molar-refractivity contribution >= 4 is 11.9 Å². The number of carbonyl (C=O) groups excluding carboxylic acids is 1. The molecule has 1 N–H and O–H groups in total. The van der Waals surface area contributed by atoms with Crippen LogP contribution in [0, 0.1) is 11.8 Å². The topological polar surface area (TPSA) is 57.6 Å². The van der Waals surface area contributed by atoms with Gasteiger partial charge in [0.05, 0.1) is 5.92 Å². The van der Waals surface area contributed by atoms with E-state index < -0.39 is 5.97 Å². The Kier molecular flexibility index (Phi) is 3.43. The van der Waals surface area contributed by atoms with E-state index in [1.165, 1.54) is 11.1 Å². The lowest BCUT2D eigenvalue weighted by Gasteiger charge is -2.32. The Morgan fingerprint density at radius 1 is 1.22 bits per heavy atom. The van der Waals surface area contributed by atoms with E-state index in [0.717, 1.165) is 38.6 Å². The summed E-state index contributed by atoms with van der Waals surface area (Å²) in [5, 5.41) is 9.23. The van der Waals surface area contributed by atoms with Gasteiger partial charge in [-0.2, -0.15) is 0 Å². The number of carbonyl (C=O) groups is 2. The summed E-state index contributed by atoms with van der Waals surface area (Å²) >= 11 is 0. The lowest BCUT2D eigenvalue weighted by Crippen LogP contribution is -2.44. The summed E-state index contributed by atoms with van der Waals surface area (Å²) in [5.41, 5.74) is 2.81. The Labute approximate surface area is 136 Å². The number of carboxylic acids is 1. The highest BCUT2D eigenvalue weighted by Gasteiger charge is 2.61. The second-order valence-electron chi connectivity index (χ2n) is 7.39. The normalized spacial score (nSPS) is 32.4. The number of likely N-dealkylation sites (tertiary alicyclic amines) is 1. The number of piperidine rings is 1. The number of benzene rings is 1. The molecule has 23 heavy (non-hydrogen) atoms. The highest BCUT2D eigenvalue weighted by Crippen LogP contribution is 2.60. The van der Waals surface area contributed by atoms with Crippen LogP contribution in [0.4, 0.5) is 0 Å². The number of nitrogens with zero attached hydrogens (tertiary/aromatic N) is 1. The highest BCUT2D eigenvalue weighted by molar-refractivity contribution is 5.85. The van der Waals surface area contributed by atoms with Crippen molar-refractivity contribution in [3.05, 3.63) is 35.4 Å². The van der Waals surface area contributed by atoms with Gasteiger partial charge in [0.2, 0.25) is 5.91 Å². The Balaban J connectivity index is 1.53. The molecule has 1 spiro atoms. The minimum Gasteiger partial charge on any atom is -0.481 e. The molecule has 1 aromatic carbocycles. The van der Waals surface area contributed by atoms with Gasteiger partial charge in [0, 0.05) is 24.4 Å². The second-order valence-corrected chi connectivity index (χ2v) is 7.39. The van der Waals surface area contributed by atoms with Gasteiger partial charge in [-0.1, -0.05) is 24.3 Å². The van der Waals surface area contributed by atoms with Crippen molar-refractivity contribution < 1.29 is 14.7 Å². The molecular weight excluding hydrogens is 290 g/mol. The summed E-state index contributed by atoms with van der Waals surface area (Å²) in [6, 6.07) is 8.54. The zero-order valence-corrected chi connectivity index (χ0v) is 13.3. The molecule has 4 rings (SSSR count). The summed E-state index contributed by atoms with van der Waals surface area (Å²) in [4.78, 5) is 26.0. The third-order valence-electron chi connectivity index (χ3n) is 6.08. The van der Waals surface area contributed by atoms with Gasteiger partial charge in [-0.15, -0.1) is 0 Å². The van der Waals surface area contributed by atoms with Crippen LogP contribution in [0.1, 0.15) is 43.2 Å². The van der Waals surface area contributed by atoms with Gasteiger partial charge in [-0.3, -0.25) is 9.59 Å². The first kappa shape index (κ1) is 14.7. The predicted octanol–water partition coefficient (Wildman–Crippen LogP) is 2.60. The summed E-state index contributed by atoms with van der Waals surface area (Å²) in [6.07, 6.45) is 5.80. The smallest absolute Gasteiger partial charge is 0.308 e. The number of carboxylic acid groups (broad SMARTS) is 1. The van der Waals surface area contributed by atoms with E-state index in [-0.39, 0.29) is 23.2 Å². The molecule has 1 heterocycles. The van der Waals surface area contributed by atoms with E-state index in [0.29, 0.717) is 13.0 Å². The van der Waals surface area contributed by atoms with Crippen LogP contribution in [0.5, 0.6) is 0 Å². The third kappa shape index (κ3) is 2.35. The number of fused-ring (bicyclic) bond motifs is 2. The Hall–Kier alpha value is -1.84. The van der Waals surface area contributed by atoms with E-state index in [1.54, 1.807) is 0 Å². The van der Waals surface area contributed by atoms with E-state index in [1.807, 2.05) is 4.90 Å². The average molecular weight is 313 g/mol. The maximum absolute atomic E-state index is 12.9. The zero-order valence-electron chi connectivity index (χ0n) is 13.3. The molecule has 3 atom stereocenters. The molecule has 4 nitrogen and oxygen atoms in total. The largest absolute Gasteiger partial charge is 0.481 e. The van der Waals surface area contributed by atoms with Crippen LogP contribution in [-0.2, 0) is 21.4 Å². The Morgan fingerprint density at radius 3 is 2.87 bits per heavy atom. The molecule has 0 radical (unpaired) electrons. The van der Waals surface area contributed by atoms with Crippen molar-refractivity contribution in [1.29, 1.82) is 0 Å². The number of amides is 1. The molecular formula is C19H23NO3. The number of aliphatic carboxylic acids is 1. The minimum atomic E-state index is -0.768. The first-order valence-electron chi connectivity index (χ1n) is 8.72. The van der Waals surface area contributed by atoms with Crippen molar-refractivity contribution in [1.82, 2.24) is 4.90 Å². The molecule has 1 amide bonds. The molecule has 122 valence electrons. The first-order chi connectivity index (χ1) is 11.1. The van der Waals surface area contributed by atoms with Crippen molar-refractivity contribution in [3.63, 3.8) is 0 Å². The standard InChI is InChI=1S/C19H23NO3/c21-17(20-10-4-7-14(12-20)18(22)23)16-11-19(16)9-3-6-13-5-1-2-8-15(13)19/h1-2,5,8,14,16H,3-4,6-7,9-12H2,(H,22,23). The fourth-order valence-corrected chi connectivity index (χ4v) is 4.76. The van der Waals surface area contributed by atoms with Gasteiger partial charge >= 0.3 is 5.97 Å². The van der Waals surface area contributed by atoms with Gasteiger partial charge in [0.1, 0.15) is 0 Å². The van der Waals surface area contributed by atoms with Gasteiger partial charge in [-0.05, 0) is 49.7 Å². The molecule has 1 aliphatic heterocycles. The zero-order chi connectivity index (χ0) is 16.0. The van der Waals surface area contributed by atoms with Crippen molar-refractivity contribution in [2.75, 3.05) is 13.1 Å². The maximum Gasteiger partial charge on any atom is 0.308 e. The molecule has 1 aromatic rings. The summed E-state index contributed by atoms with van der Waals surface area (Å²) < 4.78 is 0. The summed E-state index contributed by atoms with van der Waals surface area (Å²) in [6.45, 7) is 1.11. The van der Waals surface area contributed by atoms with Crippen LogP contribution >= 0.6 is 0 Å². The van der Waals surface area contributed by atoms with E-state index in [4.69, 9.17) is 0 Å².